The van der Waals surface area contributed by atoms with Crippen molar-refractivity contribution >= 4 is 16.5 Å². The molecule has 5 heteroatoms. The lowest BCUT2D eigenvalue weighted by Crippen LogP contribution is -2.39. The molecule has 1 aromatic rings. The summed E-state index contributed by atoms with van der Waals surface area (Å²) < 4.78 is 0. The van der Waals surface area contributed by atoms with Gasteiger partial charge < -0.3 is 10.0 Å². The summed E-state index contributed by atoms with van der Waals surface area (Å²) in [6, 6.07) is 0. The Morgan fingerprint density at radius 3 is 2.86 bits per heavy atom. The average molecular weight is 213 g/mol. The fourth-order valence-corrected chi connectivity index (χ4v) is 2.56. The van der Waals surface area contributed by atoms with Crippen molar-refractivity contribution in [3.63, 3.8) is 0 Å². The Kier molecular flexibility index (Phi) is 2.69. The molecule has 1 fully saturated rings. The van der Waals surface area contributed by atoms with Crippen LogP contribution in [-0.2, 0) is 0 Å². The third kappa shape index (κ3) is 2.04. The van der Waals surface area contributed by atoms with Crippen molar-refractivity contribution in [2.24, 2.45) is 0 Å². The zero-order chi connectivity index (χ0) is 10.0. The Morgan fingerprint density at radius 2 is 2.29 bits per heavy atom. The highest BCUT2D eigenvalue weighted by Crippen LogP contribution is 2.31. The maximum Gasteiger partial charge on any atom is 0.207 e. The van der Waals surface area contributed by atoms with Crippen LogP contribution in [0.3, 0.4) is 0 Å². The highest BCUT2D eigenvalue weighted by atomic mass is 32.1. The molecule has 14 heavy (non-hydrogen) atoms. The number of anilines is 1. The van der Waals surface area contributed by atoms with Crippen molar-refractivity contribution in [2.45, 2.75) is 31.3 Å². The Labute approximate surface area is 87.6 Å². The van der Waals surface area contributed by atoms with Gasteiger partial charge in [-0.2, -0.15) is 0 Å². The topological polar surface area (TPSA) is 49.2 Å². The summed E-state index contributed by atoms with van der Waals surface area (Å²) in [4.78, 5) is 1.99. The second-order valence-electron chi connectivity index (χ2n) is 4.01. The summed E-state index contributed by atoms with van der Waals surface area (Å²) in [6.45, 7) is 0.669. The minimum atomic E-state index is -0.500. The molecule has 1 saturated carbocycles. The number of nitrogens with zero attached hydrogens (tertiary/aromatic N) is 3. The van der Waals surface area contributed by atoms with Crippen LogP contribution >= 0.6 is 11.3 Å². The first kappa shape index (κ1) is 9.86. The van der Waals surface area contributed by atoms with E-state index in [0.29, 0.717) is 6.54 Å². The third-order valence-electron chi connectivity index (χ3n) is 2.74. The summed E-state index contributed by atoms with van der Waals surface area (Å²) >= 11 is 1.51. The number of aliphatic hydroxyl groups is 1. The van der Waals surface area contributed by atoms with Crippen molar-refractivity contribution in [3.8, 4) is 0 Å². The lowest BCUT2D eigenvalue weighted by molar-refractivity contribution is 0.0559. The standard InChI is InChI=1S/C9H15N3OS/c1-12(8-11-10-7-14-8)6-9(13)4-2-3-5-9/h7,13H,2-6H2,1H3. The molecule has 1 aliphatic carbocycles. The second-order valence-corrected chi connectivity index (χ2v) is 4.82. The number of aromatic nitrogens is 2. The second kappa shape index (κ2) is 3.82. The molecular formula is C9H15N3OS. The molecule has 0 unspecified atom stereocenters. The minimum Gasteiger partial charge on any atom is -0.388 e. The minimum absolute atomic E-state index is 0.500. The van der Waals surface area contributed by atoms with Crippen LogP contribution in [-0.4, -0.2) is 34.5 Å². The van der Waals surface area contributed by atoms with E-state index in [2.05, 4.69) is 10.2 Å². The van der Waals surface area contributed by atoms with Crippen molar-refractivity contribution in [1.29, 1.82) is 0 Å². The highest BCUT2D eigenvalue weighted by Gasteiger charge is 2.32. The van der Waals surface area contributed by atoms with Gasteiger partial charge in [0, 0.05) is 13.6 Å². The van der Waals surface area contributed by atoms with Gasteiger partial charge in [0.2, 0.25) is 5.13 Å². The molecule has 0 aromatic carbocycles. The molecule has 0 amide bonds. The summed E-state index contributed by atoms with van der Waals surface area (Å²) in [6.07, 6.45) is 4.10. The summed E-state index contributed by atoms with van der Waals surface area (Å²) in [5.74, 6) is 0. The molecule has 0 bridgehead atoms. The van der Waals surface area contributed by atoms with Crippen LogP contribution in [0.25, 0.3) is 0 Å². The van der Waals surface area contributed by atoms with E-state index < -0.39 is 5.60 Å². The van der Waals surface area contributed by atoms with Gasteiger partial charge in [0.05, 0.1) is 5.60 Å². The van der Waals surface area contributed by atoms with E-state index in [4.69, 9.17) is 0 Å². The van der Waals surface area contributed by atoms with Crippen LogP contribution in [0.4, 0.5) is 5.13 Å². The zero-order valence-electron chi connectivity index (χ0n) is 8.31. The largest absolute Gasteiger partial charge is 0.388 e. The van der Waals surface area contributed by atoms with Crippen LogP contribution in [0.1, 0.15) is 25.7 Å². The molecule has 0 radical (unpaired) electrons. The van der Waals surface area contributed by atoms with Crippen LogP contribution in [0.2, 0.25) is 0 Å². The first-order chi connectivity index (χ1) is 6.70. The quantitative estimate of drug-likeness (QED) is 0.821. The summed E-state index contributed by atoms with van der Waals surface area (Å²) in [5.41, 5.74) is 1.21. The molecule has 4 nitrogen and oxygen atoms in total. The first-order valence-electron chi connectivity index (χ1n) is 4.89. The van der Waals surface area contributed by atoms with E-state index >= 15 is 0 Å². The van der Waals surface area contributed by atoms with Crippen molar-refractivity contribution in [2.75, 3.05) is 18.5 Å². The number of likely N-dealkylation sites (N-methyl/N-ethyl adjacent to an activating group) is 1. The van der Waals surface area contributed by atoms with Gasteiger partial charge in [-0.3, -0.25) is 0 Å². The Bertz CT molecular complexity index is 282. The van der Waals surface area contributed by atoms with Crippen LogP contribution in [0.5, 0.6) is 0 Å². The number of hydrogen-bond acceptors (Lipinski definition) is 5. The fraction of sp³-hybridized carbons (Fsp3) is 0.778. The van der Waals surface area contributed by atoms with E-state index in [1.54, 1.807) is 5.51 Å². The first-order valence-corrected chi connectivity index (χ1v) is 5.77. The highest BCUT2D eigenvalue weighted by molar-refractivity contribution is 7.13. The summed E-state index contributed by atoms with van der Waals surface area (Å²) in [7, 11) is 1.96. The lowest BCUT2D eigenvalue weighted by atomic mass is 10.0. The van der Waals surface area contributed by atoms with E-state index in [0.717, 1.165) is 30.8 Å². The Balaban J connectivity index is 1.97. The van der Waals surface area contributed by atoms with E-state index in [1.807, 2.05) is 11.9 Å². The number of rotatable bonds is 3. The third-order valence-corrected chi connectivity index (χ3v) is 3.54. The molecule has 0 saturated heterocycles. The van der Waals surface area contributed by atoms with Gasteiger partial charge in [0.1, 0.15) is 5.51 Å². The van der Waals surface area contributed by atoms with E-state index in [1.165, 1.54) is 11.3 Å². The lowest BCUT2D eigenvalue weighted by Gasteiger charge is -2.27. The maximum atomic E-state index is 10.2. The molecule has 0 aliphatic heterocycles. The van der Waals surface area contributed by atoms with Crippen LogP contribution in [0.15, 0.2) is 5.51 Å². The average Bonchev–Trinajstić information content (AvgIpc) is 2.74. The predicted octanol–water partition coefficient (Wildman–Crippen LogP) is 1.28. The van der Waals surface area contributed by atoms with Gasteiger partial charge in [-0.15, -0.1) is 10.2 Å². The van der Waals surface area contributed by atoms with Crippen molar-refractivity contribution in [1.82, 2.24) is 10.2 Å². The van der Waals surface area contributed by atoms with Gasteiger partial charge in [-0.25, -0.2) is 0 Å². The number of hydrogen-bond donors (Lipinski definition) is 1. The molecule has 0 spiro atoms. The van der Waals surface area contributed by atoms with Crippen molar-refractivity contribution in [3.05, 3.63) is 5.51 Å². The van der Waals surface area contributed by atoms with Gasteiger partial charge in [0.25, 0.3) is 0 Å². The van der Waals surface area contributed by atoms with Crippen LogP contribution in [0, 0.1) is 0 Å². The molecule has 1 heterocycles. The molecule has 78 valence electrons. The van der Waals surface area contributed by atoms with Gasteiger partial charge in [-0.05, 0) is 12.8 Å². The Hall–Kier alpha value is -0.680. The van der Waals surface area contributed by atoms with Gasteiger partial charge in [0.15, 0.2) is 0 Å². The summed E-state index contributed by atoms with van der Waals surface area (Å²) in [5, 5.41) is 18.8. The molecule has 1 aromatic heterocycles. The van der Waals surface area contributed by atoms with Crippen molar-refractivity contribution < 1.29 is 5.11 Å². The monoisotopic (exact) mass is 213 g/mol. The van der Waals surface area contributed by atoms with E-state index in [-0.39, 0.29) is 0 Å². The molecule has 2 rings (SSSR count). The SMILES string of the molecule is CN(CC1(O)CCCC1)c1nncs1. The normalized spacial score (nSPS) is 19.9. The molecule has 0 atom stereocenters. The molecule has 1 N–H and O–H groups in total. The molecular weight excluding hydrogens is 198 g/mol. The maximum absolute atomic E-state index is 10.2. The zero-order valence-corrected chi connectivity index (χ0v) is 9.13. The smallest absolute Gasteiger partial charge is 0.207 e. The fourth-order valence-electron chi connectivity index (χ4n) is 2.03. The predicted molar refractivity (Wildman–Crippen MR) is 56.6 cm³/mol. The van der Waals surface area contributed by atoms with Crippen LogP contribution < -0.4 is 4.90 Å². The Morgan fingerprint density at radius 1 is 1.57 bits per heavy atom. The van der Waals surface area contributed by atoms with E-state index in [9.17, 15) is 5.11 Å². The van der Waals surface area contributed by atoms with Gasteiger partial charge in [-0.1, -0.05) is 24.2 Å². The van der Waals surface area contributed by atoms with Gasteiger partial charge >= 0.3 is 0 Å². The molecule has 1 aliphatic rings.